The number of halogens is 1. The number of rotatable bonds is 4. The second-order valence-corrected chi connectivity index (χ2v) is 5.38. The third-order valence-corrected chi connectivity index (χ3v) is 3.54. The summed E-state index contributed by atoms with van der Waals surface area (Å²) in [7, 11) is 0. The van der Waals surface area contributed by atoms with Crippen LogP contribution in [0.5, 0.6) is 0 Å². The second kappa shape index (κ2) is 5.19. The van der Waals surface area contributed by atoms with Crippen molar-refractivity contribution in [2.75, 3.05) is 11.9 Å². The Morgan fingerprint density at radius 2 is 2.06 bits per heavy atom. The molecule has 4 heteroatoms. The van der Waals surface area contributed by atoms with Gasteiger partial charge in [0.25, 0.3) is 0 Å². The highest BCUT2D eigenvalue weighted by atomic mass is 35.5. The molecule has 98 valence electrons. The SMILES string of the molecule is CCOC(=O)C1(Nc2ccc(Cl)cc2)CC(C)C1. The van der Waals surface area contributed by atoms with E-state index in [1.165, 1.54) is 0 Å². The first-order valence-electron chi connectivity index (χ1n) is 6.27. The number of esters is 1. The molecule has 1 aliphatic carbocycles. The molecule has 0 aromatic heterocycles. The highest BCUT2D eigenvalue weighted by Gasteiger charge is 2.49. The molecular weight excluding hydrogens is 250 g/mol. The Balaban J connectivity index is 2.11. The minimum Gasteiger partial charge on any atom is -0.464 e. The van der Waals surface area contributed by atoms with Crippen molar-refractivity contribution < 1.29 is 9.53 Å². The summed E-state index contributed by atoms with van der Waals surface area (Å²) in [6.07, 6.45) is 1.63. The van der Waals surface area contributed by atoms with Gasteiger partial charge in [0.1, 0.15) is 5.54 Å². The van der Waals surface area contributed by atoms with Gasteiger partial charge in [-0.05, 0) is 49.9 Å². The molecule has 0 radical (unpaired) electrons. The molecule has 1 aromatic rings. The normalized spacial score (nSPS) is 26.3. The first-order chi connectivity index (χ1) is 8.55. The summed E-state index contributed by atoms with van der Waals surface area (Å²) in [5.74, 6) is 0.396. The van der Waals surface area contributed by atoms with Gasteiger partial charge in [0, 0.05) is 10.7 Å². The van der Waals surface area contributed by atoms with Gasteiger partial charge in [-0.15, -0.1) is 0 Å². The molecule has 1 fully saturated rings. The van der Waals surface area contributed by atoms with Gasteiger partial charge in [-0.1, -0.05) is 18.5 Å². The van der Waals surface area contributed by atoms with Gasteiger partial charge in [-0.3, -0.25) is 0 Å². The number of nitrogens with one attached hydrogen (secondary N) is 1. The van der Waals surface area contributed by atoms with E-state index >= 15 is 0 Å². The van der Waals surface area contributed by atoms with Gasteiger partial charge in [-0.2, -0.15) is 0 Å². The standard InChI is InChI=1S/C14H18ClNO2/c1-3-18-13(17)14(8-10(2)9-14)16-12-6-4-11(15)5-7-12/h4-7,10,16H,3,8-9H2,1-2H3. The number of hydrogen-bond acceptors (Lipinski definition) is 3. The Hall–Kier alpha value is -1.22. The molecule has 0 heterocycles. The number of carbonyl (C=O) groups excluding carboxylic acids is 1. The molecule has 3 nitrogen and oxygen atoms in total. The average Bonchev–Trinajstić information content (AvgIpc) is 2.30. The van der Waals surface area contributed by atoms with Crippen LogP contribution in [0.4, 0.5) is 5.69 Å². The lowest BCUT2D eigenvalue weighted by molar-refractivity contribution is -0.153. The maximum atomic E-state index is 12.1. The summed E-state index contributed by atoms with van der Waals surface area (Å²) in [5.41, 5.74) is 0.350. The minimum atomic E-state index is -0.552. The molecule has 1 N–H and O–H groups in total. The Labute approximate surface area is 112 Å². The molecule has 2 rings (SSSR count). The maximum absolute atomic E-state index is 12.1. The molecule has 0 amide bonds. The highest BCUT2D eigenvalue weighted by Crippen LogP contribution is 2.41. The fourth-order valence-corrected chi connectivity index (χ4v) is 2.65. The van der Waals surface area contributed by atoms with Crippen LogP contribution in [0.3, 0.4) is 0 Å². The first kappa shape index (κ1) is 13.2. The fourth-order valence-electron chi connectivity index (χ4n) is 2.53. The van der Waals surface area contributed by atoms with Gasteiger partial charge in [-0.25, -0.2) is 4.79 Å². The molecule has 1 aromatic carbocycles. The molecule has 0 spiro atoms. The van der Waals surface area contributed by atoms with Gasteiger partial charge in [0.15, 0.2) is 0 Å². The molecule has 0 bridgehead atoms. The Morgan fingerprint density at radius 1 is 1.44 bits per heavy atom. The highest BCUT2D eigenvalue weighted by molar-refractivity contribution is 6.30. The summed E-state index contributed by atoms with van der Waals surface area (Å²) in [5, 5.41) is 3.99. The van der Waals surface area contributed by atoms with E-state index in [9.17, 15) is 4.79 Å². The second-order valence-electron chi connectivity index (χ2n) is 4.95. The van der Waals surface area contributed by atoms with Crippen LogP contribution in [0.25, 0.3) is 0 Å². The number of benzene rings is 1. The largest absolute Gasteiger partial charge is 0.464 e. The molecular formula is C14H18ClNO2. The van der Waals surface area contributed by atoms with Gasteiger partial charge < -0.3 is 10.1 Å². The minimum absolute atomic E-state index is 0.155. The van der Waals surface area contributed by atoms with Crippen molar-refractivity contribution in [3.63, 3.8) is 0 Å². The molecule has 1 saturated carbocycles. The number of carbonyl (C=O) groups is 1. The van der Waals surface area contributed by atoms with Gasteiger partial charge >= 0.3 is 5.97 Å². The monoisotopic (exact) mass is 267 g/mol. The number of anilines is 1. The van der Waals surface area contributed by atoms with E-state index in [4.69, 9.17) is 16.3 Å². The van der Waals surface area contributed by atoms with E-state index in [1.807, 2.05) is 31.2 Å². The Kier molecular flexibility index (Phi) is 3.81. The lowest BCUT2D eigenvalue weighted by Gasteiger charge is -2.45. The summed E-state index contributed by atoms with van der Waals surface area (Å²) in [4.78, 5) is 12.1. The summed E-state index contributed by atoms with van der Waals surface area (Å²) >= 11 is 5.85. The third kappa shape index (κ3) is 2.61. The van der Waals surface area contributed by atoms with Crippen molar-refractivity contribution in [3.05, 3.63) is 29.3 Å². The third-order valence-electron chi connectivity index (χ3n) is 3.29. The average molecular weight is 268 g/mol. The Bertz CT molecular complexity index is 424. The first-order valence-corrected chi connectivity index (χ1v) is 6.64. The lowest BCUT2D eigenvalue weighted by Crippen LogP contribution is -2.56. The summed E-state index contributed by atoms with van der Waals surface area (Å²) in [6, 6.07) is 7.38. The van der Waals surface area contributed by atoms with Crippen LogP contribution >= 0.6 is 11.6 Å². The fraction of sp³-hybridized carbons (Fsp3) is 0.500. The van der Waals surface area contributed by atoms with Crippen LogP contribution < -0.4 is 5.32 Å². The van der Waals surface area contributed by atoms with E-state index in [2.05, 4.69) is 12.2 Å². The van der Waals surface area contributed by atoms with Crippen molar-refractivity contribution in [1.82, 2.24) is 0 Å². The molecule has 0 aliphatic heterocycles. The van der Waals surface area contributed by atoms with Crippen LogP contribution in [0.15, 0.2) is 24.3 Å². The number of ether oxygens (including phenoxy) is 1. The smallest absolute Gasteiger partial charge is 0.331 e. The molecule has 0 saturated heterocycles. The van der Waals surface area contributed by atoms with E-state index in [0.29, 0.717) is 17.5 Å². The van der Waals surface area contributed by atoms with Gasteiger partial charge in [0.05, 0.1) is 6.61 Å². The van der Waals surface area contributed by atoms with Crippen molar-refractivity contribution in [3.8, 4) is 0 Å². The zero-order valence-electron chi connectivity index (χ0n) is 10.7. The van der Waals surface area contributed by atoms with Crippen LogP contribution in [-0.4, -0.2) is 18.1 Å². The van der Waals surface area contributed by atoms with Gasteiger partial charge in [0.2, 0.25) is 0 Å². The lowest BCUT2D eigenvalue weighted by atomic mass is 9.69. The Morgan fingerprint density at radius 3 is 2.56 bits per heavy atom. The van der Waals surface area contributed by atoms with Crippen LogP contribution in [0, 0.1) is 5.92 Å². The van der Waals surface area contributed by atoms with Crippen LogP contribution in [0.2, 0.25) is 5.02 Å². The van der Waals surface area contributed by atoms with Crippen molar-refractivity contribution >= 4 is 23.3 Å². The maximum Gasteiger partial charge on any atom is 0.331 e. The number of hydrogen-bond donors (Lipinski definition) is 1. The molecule has 0 unspecified atom stereocenters. The quantitative estimate of drug-likeness (QED) is 0.849. The predicted octanol–water partition coefficient (Wildman–Crippen LogP) is 3.48. The van der Waals surface area contributed by atoms with Crippen molar-refractivity contribution in [2.45, 2.75) is 32.2 Å². The molecule has 0 atom stereocenters. The van der Waals surface area contributed by atoms with E-state index < -0.39 is 5.54 Å². The van der Waals surface area contributed by atoms with E-state index in [1.54, 1.807) is 0 Å². The van der Waals surface area contributed by atoms with Crippen LogP contribution in [0.1, 0.15) is 26.7 Å². The summed E-state index contributed by atoms with van der Waals surface area (Å²) < 4.78 is 5.17. The topological polar surface area (TPSA) is 38.3 Å². The van der Waals surface area contributed by atoms with Crippen molar-refractivity contribution in [1.29, 1.82) is 0 Å². The molecule has 1 aliphatic rings. The zero-order chi connectivity index (χ0) is 13.2. The molecule has 18 heavy (non-hydrogen) atoms. The van der Waals surface area contributed by atoms with E-state index in [-0.39, 0.29) is 5.97 Å². The summed E-state index contributed by atoms with van der Waals surface area (Å²) in [6.45, 7) is 4.38. The van der Waals surface area contributed by atoms with Crippen LogP contribution in [-0.2, 0) is 9.53 Å². The predicted molar refractivity (Wildman–Crippen MR) is 72.8 cm³/mol. The van der Waals surface area contributed by atoms with E-state index in [0.717, 1.165) is 18.5 Å². The zero-order valence-corrected chi connectivity index (χ0v) is 11.5. The van der Waals surface area contributed by atoms with Crippen molar-refractivity contribution in [2.24, 2.45) is 5.92 Å².